The number of nitrogens with one attached hydrogen (secondary N) is 1. The van der Waals surface area contributed by atoms with Crippen molar-refractivity contribution < 1.29 is 19.1 Å². The number of ether oxygens (including phenoxy) is 2. The second-order valence-corrected chi connectivity index (χ2v) is 5.16. The number of dihydropyridines is 1. The Hall–Kier alpha value is -2.08. The predicted octanol–water partition coefficient (Wildman–Crippen LogP) is 2.25. The van der Waals surface area contributed by atoms with Gasteiger partial charge in [0.25, 0.3) is 0 Å². The Bertz CT molecular complexity index is 604. The lowest BCUT2D eigenvalue weighted by Gasteiger charge is -2.25. The summed E-state index contributed by atoms with van der Waals surface area (Å²) in [5.41, 5.74) is 1.46. The van der Waals surface area contributed by atoms with Crippen LogP contribution in [0.4, 0.5) is 0 Å². The van der Waals surface area contributed by atoms with Crippen LogP contribution in [0.25, 0.3) is 0 Å². The summed E-state index contributed by atoms with van der Waals surface area (Å²) in [6.45, 7) is 0. The van der Waals surface area contributed by atoms with Crippen LogP contribution in [0, 0.1) is 0 Å². The second-order valence-electron chi connectivity index (χ2n) is 4.30. The van der Waals surface area contributed by atoms with E-state index < -0.39 is 17.9 Å². The largest absolute Gasteiger partial charge is 0.466 e. The number of carbonyl (C=O) groups is 2. The fourth-order valence-corrected chi connectivity index (χ4v) is 2.70. The van der Waals surface area contributed by atoms with Gasteiger partial charge in [-0.2, -0.15) is 0 Å². The van der Waals surface area contributed by atoms with E-state index in [0.29, 0.717) is 11.1 Å². The molecule has 0 aliphatic carbocycles. The summed E-state index contributed by atoms with van der Waals surface area (Å²) in [5.74, 6) is -1.56. The van der Waals surface area contributed by atoms with Gasteiger partial charge in [0.1, 0.15) is 0 Å². The average molecular weight is 352 g/mol. The first-order valence-electron chi connectivity index (χ1n) is 6.17. The van der Waals surface area contributed by atoms with Crippen molar-refractivity contribution in [2.24, 2.45) is 0 Å². The van der Waals surface area contributed by atoms with E-state index in [1.807, 2.05) is 24.3 Å². The Labute approximate surface area is 130 Å². The number of halogens is 1. The van der Waals surface area contributed by atoms with Crippen molar-refractivity contribution in [2.75, 3.05) is 14.2 Å². The highest BCUT2D eigenvalue weighted by Crippen LogP contribution is 2.38. The third-order valence-corrected chi connectivity index (χ3v) is 3.88. The summed E-state index contributed by atoms with van der Waals surface area (Å²) in [6.07, 6.45) is 3.06. The number of rotatable bonds is 3. The normalized spacial score (nSPS) is 14.6. The van der Waals surface area contributed by atoms with Crippen LogP contribution in [0.15, 0.2) is 52.3 Å². The lowest BCUT2D eigenvalue weighted by molar-refractivity contribution is -0.137. The second kappa shape index (κ2) is 6.58. The van der Waals surface area contributed by atoms with Gasteiger partial charge in [-0.3, -0.25) is 0 Å². The van der Waals surface area contributed by atoms with E-state index in [-0.39, 0.29) is 0 Å². The topological polar surface area (TPSA) is 64.6 Å². The monoisotopic (exact) mass is 351 g/mol. The minimum atomic E-state index is -0.554. The Morgan fingerprint density at radius 3 is 2.05 bits per heavy atom. The molecule has 110 valence electrons. The van der Waals surface area contributed by atoms with Crippen LogP contribution in [-0.2, 0) is 19.1 Å². The third-order valence-electron chi connectivity index (χ3n) is 3.16. The van der Waals surface area contributed by atoms with E-state index >= 15 is 0 Å². The summed E-state index contributed by atoms with van der Waals surface area (Å²) in [7, 11) is 2.60. The van der Waals surface area contributed by atoms with Crippen molar-refractivity contribution in [1.29, 1.82) is 0 Å². The molecular formula is C15H14BrNO4. The number of carbonyl (C=O) groups excluding carboxylic acids is 2. The molecule has 0 fully saturated rings. The number of benzene rings is 1. The summed E-state index contributed by atoms with van der Waals surface area (Å²) < 4.78 is 10.4. The SMILES string of the molecule is COC(=O)C1=CNC=C(C(=O)OC)C1c1ccccc1Br. The molecular weight excluding hydrogens is 338 g/mol. The van der Waals surface area contributed by atoms with Crippen LogP contribution in [0.3, 0.4) is 0 Å². The van der Waals surface area contributed by atoms with Crippen LogP contribution in [-0.4, -0.2) is 26.2 Å². The van der Waals surface area contributed by atoms with Gasteiger partial charge in [-0.05, 0) is 11.6 Å². The molecule has 1 N–H and O–H groups in total. The Balaban J connectivity index is 2.55. The maximum Gasteiger partial charge on any atom is 0.336 e. The highest BCUT2D eigenvalue weighted by Gasteiger charge is 2.34. The quantitative estimate of drug-likeness (QED) is 0.846. The molecule has 1 heterocycles. The molecule has 0 bridgehead atoms. The summed E-state index contributed by atoms with van der Waals surface area (Å²) in [5, 5.41) is 2.79. The standard InChI is InChI=1S/C15H14BrNO4/c1-20-14(18)10-7-17-8-11(15(19)21-2)13(10)9-5-3-4-6-12(9)16/h3-8,13,17H,1-2H3. The predicted molar refractivity (Wildman–Crippen MR) is 80.2 cm³/mol. The van der Waals surface area contributed by atoms with Crippen LogP contribution in [0.2, 0.25) is 0 Å². The maximum atomic E-state index is 12.0. The number of esters is 2. The lowest BCUT2D eigenvalue weighted by atomic mass is 9.84. The van der Waals surface area contributed by atoms with Gasteiger partial charge in [-0.25, -0.2) is 9.59 Å². The minimum absolute atomic E-state index is 0.340. The van der Waals surface area contributed by atoms with Crippen molar-refractivity contribution in [2.45, 2.75) is 5.92 Å². The zero-order chi connectivity index (χ0) is 15.4. The van der Waals surface area contributed by atoms with Crippen LogP contribution < -0.4 is 5.32 Å². The van der Waals surface area contributed by atoms with E-state index in [0.717, 1.165) is 10.0 Å². The molecule has 1 aliphatic heterocycles. The molecule has 0 amide bonds. The summed E-state index contributed by atoms with van der Waals surface area (Å²) >= 11 is 3.45. The lowest BCUT2D eigenvalue weighted by Crippen LogP contribution is -2.26. The number of methoxy groups -OCH3 is 2. The van der Waals surface area contributed by atoms with Crippen LogP contribution >= 0.6 is 15.9 Å². The van der Waals surface area contributed by atoms with E-state index in [1.54, 1.807) is 0 Å². The van der Waals surface area contributed by atoms with Gasteiger partial charge in [-0.15, -0.1) is 0 Å². The van der Waals surface area contributed by atoms with E-state index in [1.165, 1.54) is 26.6 Å². The molecule has 0 radical (unpaired) electrons. The van der Waals surface area contributed by atoms with Crippen LogP contribution in [0.1, 0.15) is 11.5 Å². The van der Waals surface area contributed by atoms with Gasteiger partial charge in [0, 0.05) is 16.9 Å². The molecule has 0 saturated heterocycles. The van der Waals surface area contributed by atoms with Crippen molar-refractivity contribution >= 4 is 27.9 Å². The van der Waals surface area contributed by atoms with Crippen molar-refractivity contribution in [1.82, 2.24) is 5.32 Å². The fourth-order valence-electron chi connectivity index (χ4n) is 2.19. The first-order chi connectivity index (χ1) is 10.1. The van der Waals surface area contributed by atoms with Gasteiger partial charge in [0.05, 0.1) is 31.3 Å². The molecule has 0 unspecified atom stereocenters. The van der Waals surface area contributed by atoms with Gasteiger partial charge >= 0.3 is 11.9 Å². The minimum Gasteiger partial charge on any atom is -0.466 e. The average Bonchev–Trinajstić information content (AvgIpc) is 2.53. The molecule has 6 heteroatoms. The van der Waals surface area contributed by atoms with Gasteiger partial charge in [0.15, 0.2) is 0 Å². The first kappa shape index (κ1) is 15.3. The summed E-state index contributed by atoms with van der Waals surface area (Å²) in [6, 6.07) is 7.39. The Morgan fingerprint density at radius 2 is 1.57 bits per heavy atom. The number of hydrogen-bond donors (Lipinski definition) is 1. The Morgan fingerprint density at radius 1 is 1.05 bits per heavy atom. The molecule has 0 spiro atoms. The maximum absolute atomic E-state index is 12.0. The molecule has 0 saturated carbocycles. The highest BCUT2D eigenvalue weighted by atomic mass is 79.9. The molecule has 21 heavy (non-hydrogen) atoms. The molecule has 1 aromatic carbocycles. The molecule has 1 aromatic rings. The number of hydrogen-bond acceptors (Lipinski definition) is 5. The summed E-state index contributed by atoms with van der Waals surface area (Å²) in [4.78, 5) is 24.0. The van der Waals surface area contributed by atoms with E-state index in [4.69, 9.17) is 9.47 Å². The van der Waals surface area contributed by atoms with Gasteiger partial charge in [-0.1, -0.05) is 34.1 Å². The van der Waals surface area contributed by atoms with E-state index in [9.17, 15) is 9.59 Å². The zero-order valence-corrected chi connectivity index (χ0v) is 13.1. The molecule has 0 aromatic heterocycles. The Kier molecular flexibility index (Phi) is 4.80. The van der Waals surface area contributed by atoms with Crippen molar-refractivity contribution in [3.8, 4) is 0 Å². The van der Waals surface area contributed by atoms with Gasteiger partial charge < -0.3 is 14.8 Å². The zero-order valence-electron chi connectivity index (χ0n) is 11.6. The smallest absolute Gasteiger partial charge is 0.336 e. The highest BCUT2D eigenvalue weighted by molar-refractivity contribution is 9.10. The van der Waals surface area contributed by atoms with Crippen LogP contribution in [0.5, 0.6) is 0 Å². The van der Waals surface area contributed by atoms with Gasteiger partial charge in [0.2, 0.25) is 0 Å². The molecule has 5 nitrogen and oxygen atoms in total. The molecule has 1 aliphatic rings. The third kappa shape index (κ3) is 3.00. The van der Waals surface area contributed by atoms with E-state index in [2.05, 4.69) is 21.2 Å². The fraction of sp³-hybridized carbons (Fsp3) is 0.200. The molecule has 2 rings (SSSR count). The first-order valence-corrected chi connectivity index (χ1v) is 6.96. The van der Waals surface area contributed by atoms with Crippen molar-refractivity contribution in [3.05, 3.63) is 57.8 Å². The van der Waals surface area contributed by atoms with Crippen molar-refractivity contribution in [3.63, 3.8) is 0 Å². The molecule has 0 atom stereocenters.